The van der Waals surface area contributed by atoms with Crippen LogP contribution in [0.25, 0.3) is 11.7 Å². The molecule has 2 aromatic heterocycles. The number of rotatable bonds is 1. The minimum Gasteiger partial charge on any atom is -0.491 e. The summed E-state index contributed by atoms with van der Waals surface area (Å²) >= 11 is 0. The lowest BCUT2D eigenvalue weighted by Crippen LogP contribution is -1.75. The van der Waals surface area contributed by atoms with Gasteiger partial charge in [-0.3, -0.25) is 0 Å². The molecule has 0 amide bonds. The molecule has 5 nitrogen and oxygen atoms in total. The van der Waals surface area contributed by atoms with Gasteiger partial charge in [-0.15, -0.1) is 0 Å². The first-order chi connectivity index (χ1) is 5.79. The molecular weight excluding hydrogens is 160 g/mol. The molecule has 0 aliphatic heterocycles. The van der Waals surface area contributed by atoms with E-state index >= 15 is 0 Å². The minimum absolute atomic E-state index is 0.136. The highest BCUT2D eigenvalue weighted by molar-refractivity contribution is 5.52. The van der Waals surface area contributed by atoms with Crippen LogP contribution < -0.4 is 0 Å². The second-order valence-electron chi connectivity index (χ2n) is 2.30. The highest BCUT2D eigenvalue weighted by Gasteiger charge is 2.15. The molecule has 0 aliphatic rings. The Morgan fingerprint density at radius 3 is 2.83 bits per heavy atom. The SMILES string of the molecule is Cc1c(O)noc1-c1ncco1. The lowest BCUT2D eigenvalue weighted by Gasteiger charge is -1.86. The number of aromatic hydroxyl groups is 1. The van der Waals surface area contributed by atoms with Crippen LogP contribution in [0.15, 0.2) is 21.4 Å². The Morgan fingerprint density at radius 1 is 1.50 bits per heavy atom. The molecule has 0 saturated carbocycles. The van der Waals surface area contributed by atoms with E-state index in [4.69, 9.17) is 14.0 Å². The average molecular weight is 166 g/mol. The summed E-state index contributed by atoms with van der Waals surface area (Å²) in [6.07, 6.45) is 2.92. The van der Waals surface area contributed by atoms with Crippen molar-refractivity contribution in [2.24, 2.45) is 0 Å². The Hall–Kier alpha value is -1.78. The van der Waals surface area contributed by atoms with Gasteiger partial charge < -0.3 is 14.0 Å². The van der Waals surface area contributed by atoms with Gasteiger partial charge in [0.05, 0.1) is 11.8 Å². The van der Waals surface area contributed by atoms with Crippen molar-refractivity contribution in [3.8, 4) is 17.5 Å². The second-order valence-corrected chi connectivity index (χ2v) is 2.30. The zero-order valence-electron chi connectivity index (χ0n) is 6.31. The summed E-state index contributed by atoms with van der Waals surface area (Å²) in [4.78, 5) is 3.85. The van der Waals surface area contributed by atoms with Crippen LogP contribution >= 0.6 is 0 Å². The lowest BCUT2D eigenvalue weighted by molar-refractivity contribution is 0.360. The van der Waals surface area contributed by atoms with Crippen molar-refractivity contribution < 1.29 is 14.0 Å². The molecule has 5 heteroatoms. The van der Waals surface area contributed by atoms with Crippen molar-refractivity contribution in [1.82, 2.24) is 10.1 Å². The van der Waals surface area contributed by atoms with E-state index in [1.165, 1.54) is 12.5 Å². The smallest absolute Gasteiger partial charge is 0.266 e. The third-order valence-corrected chi connectivity index (χ3v) is 1.53. The zero-order chi connectivity index (χ0) is 8.55. The summed E-state index contributed by atoms with van der Waals surface area (Å²) in [7, 11) is 0. The molecule has 0 bridgehead atoms. The summed E-state index contributed by atoms with van der Waals surface area (Å²) in [5.74, 6) is 0.543. The third kappa shape index (κ3) is 0.868. The molecule has 0 fully saturated rings. The van der Waals surface area contributed by atoms with Gasteiger partial charge in [-0.1, -0.05) is 0 Å². The Balaban J connectivity index is 2.55. The van der Waals surface area contributed by atoms with Gasteiger partial charge in [-0.05, 0) is 12.1 Å². The number of hydrogen-bond donors (Lipinski definition) is 1. The van der Waals surface area contributed by atoms with E-state index in [0.29, 0.717) is 17.2 Å². The van der Waals surface area contributed by atoms with Crippen molar-refractivity contribution in [3.63, 3.8) is 0 Å². The van der Waals surface area contributed by atoms with Crippen molar-refractivity contribution in [1.29, 1.82) is 0 Å². The van der Waals surface area contributed by atoms with Gasteiger partial charge in [0.1, 0.15) is 6.26 Å². The van der Waals surface area contributed by atoms with E-state index in [0.717, 1.165) is 0 Å². The molecular formula is C7H6N2O3. The van der Waals surface area contributed by atoms with Crippen LogP contribution in [0, 0.1) is 6.92 Å². The maximum atomic E-state index is 9.06. The summed E-state index contributed by atoms with van der Waals surface area (Å²) < 4.78 is 9.74. The van der Waals surface area contributed by atoms with E-state index in [9.17, 15) is 0 Å². The van der Waals surface area contributed by atoms with Gasteiger partial charge in [-0.2, -0.15) is 0 Å². The highest BCUT2D eigenvalue weighted by atomic mass is 16.5. The second kappa shape index (κ2) is 2.37. The van der Waals surface area contributed by atoms with Crippen LogP contribution in [0.3, 0.4) is 0 Å². The minimum atomic E-state index is -0.136. The average Bonchev–Trinajstić information content (AvgIpc) is 2.64. The third-order valence-electron chi connectivity index (χ3n) is 1.53. The van der Waals surface area contributed by atoms with E-state index in [1.807, 2.05) is 0 Å². The van der Waals surface area contributed by atoms with Crippen molar-refractivity contribution >= 4 is 0 Å². The molecule has 0 unspecified atom stereocenters. The summed E-state index contributed by atoms with van der Waals surface area (Å²) in [6, 6.07) is 0. The van der Waals surface area contributed by atoms with Gasteiger partial charge in [0.2, 0.25) is 5.76 Å². The first-order valence-corrected chi connectivity index (χ1v) is 3.34. The molecule has 2 rings (SSSR count). The monoisotopic (exact) mass is 166 g/mol. The highest BCUT2D eigenvalue weighted by Crippen LogP contribution is 2.27. The van der Waals surface area contributed by atoms with Crippen LogP contribution in [0.2, 0.25) is 0 Å². The summed E-state index contributed by atoms with van der Waals surface area (Å²) in [6.45, 7) is 1.67. The first kappa shape index (κ1) is 6.90. The molecule has 0 saturated heterocycles. The largest absolute Gasteiger partial charge is 0.491 e. The first-order valence-electron chi connectivity index (χ1n) is 3.34. The van der Waals surface area contributed by atoms with E-state index in [1.54, 1.807) is 6.92 Å². The lowest BCUT2D eigenvalue weighted by atomic mass is 10.3. The van der Waals surface area contributed by atoms with Crippen LogP contribution in [0.4, 0.5) is 0 Å². The maximum absolute atomic E-state index is 9.06. The van der Waals surface area contributed by atoms with Crippen LogP contribution in [-0.2, 0) is 0 Å². The van der Waals surface area contributed by atoms with Crippen LogP contribution in [0.5, 0.6) is 5.88 Å². The van der Waals surface area contributed by atoms with Crippen molar-refractivity contribution in [2.45, 2.75) is 6.92 Å². The molecule has 0 spiro atoms. The van der Waals surface area contributed by atoms with Gasteiger partial charge in [0.15, 0.2) is 0 Å². The number of nitrogens with zero attached hydrogens (tertiary/aromatic N) is 2. The Labute approximate surface area is 67.6 Å². The normalized spacial score (nSPS) is 10.4. The molecule has 0 aliphatic carbocycles. The number of aromatic nitrogens is 2. The molecule has 1 N–H and O–H groups in total. The van der Waals surface area contributed by atoms with Gasteiger partial charge in [0, 0.05) is 0 Å². The quantitative estimate of drug-likeness (QED) is 0.692. The van der Waals surface area contributed by atoms with Crippen molar-refractivity contribution in [2.75, 3.05) is 0 Å². The molecule has 0 radical (unpaired) electrons. The fourth-order valence-electron chi connectivity index (χ4n) is 0.862. The molecule has 12 heavy (non-hydrogen) atoms. The molecule has 0 atom stereocenters. The predicted octanol–water partition coefficient (Wildman–Crippen LogP) is 1.34. The Kier molecular flexibility index (Phi) is 1.36. The van der Waals surface area contributed by atoms with Crippen LogP contribution in [0.1, 0.15) is 5.56 Å². The standard InChI is InChI=1S/C7H6N2O3/c1-4-5(12-9-6(4)10)7-8-2-3-11-7/h2-3H,1H3,(H,9,10). The maximum Gasteiger partial charge on any atom is 0.266 e. The van der Waals surface area contributed by atoms with E-state index in [2.05, 4.69) is 10.1 Å². The molecule has 2 heterocycles. The fraction of sp³-hybridized carbons (Fsp3) is 0.143. The van der Waals surface area contributed by atoms with Gasteiger partial charge in [0.25, 0.3) is 11.8 Å². The number of oxazole rings is 1. The van der Waals surface area contributed by atoms with Gasteiger partial charge in [-0.25, -0.2) is 4.98 Å². The Bertz CT molecular complexity index is 377. The summed E-state index contributed by atoms with van der Waals surface area (Å²) in [5.41, 5.74) is 0.525. The predicted molar refractivity (Wildman–Crippen MR) is 38.4 cm³/mol. The molecule has 2 aromatic rings. The molecule has 62 valence electrons. The number of hydrogen-bond acceptors (Lipinski definition) is 5. The molecule has 0 aromatic carbocycles. The van der Waals surface area contributed by atoms with Crippen molar-refractivity contribution in [3.05, 3.63) is 18.0 Å². The van der Waals surface area contributed by atoms with Crippen LogP contribution in [-0.4, -0.2) is 15.2 Å². The fourth-order valence-corrected chi connectivity index (χ4v) is 0.862. The summed E-state index contributed by atoms with van der Waals surface area (Å²) in [5, 5.41) is 12.4. The topological polar surface area (TPSA) is 72.3 Å². The van der Waals surface area contributed by atoms with E-state index in [-0.39, 0.29) is 5.88 Å². The van der Waals surface area contributed by atoms with Gasteiger partial charge >= 0.3 is 0 Å². The zero-order valence-corrected chi connectivity index (χ0v) is 6.31. The Morgan fingerprint density at radius 2 is 2.33 bits per heavy atom. The van der Waals surface area contributed by atoms with E-state index < -0.39 is 0 Å².